The predicted molar refractivity (Wildman–Crippen MR) is 73.0 cm³/mol. The van der Waals surface area contributed by atoms with Crippen LogP contribution in [0.3, 0.4) is 0 Å². The average molecular weight is 235 g/mol. The van der Waals surface area contributed by atoms with E-state index in [0.717, 1.165) is 19.4 Å². The number of rotatable bonds is 7. The lowest BCUT2D eigenvalue weighted by molar-refractivity contribution is 0.233. The molecule has 0 aliphatic heterocycles. The zero-order valence-electron chi connectivity index (χ0n) is 11.2. The topological polar surface area (TPSA) is 32.3 Å². The first-order valence-corrected chi connectivity index (χ1v) is 6.44. The molecule has 1 rings (SSSR count). The standard InChI is InChI=1S/C15H25NO/c1-13(14-8-5-4-6-9-14)16-12-15(2,3)10-7-11-17/h4-6,8-9,13,16-17H,7,10-12H2,1-3H3. The van der Waals surface area contributed by atoms with E-state index in [4.69, 9.17) is 5.11 Å². The lowest BCUT2D eigenvalue weighted by Gasteiger charge is -2.27. The Hall–Kier alpha value is -0.860. The quantitative estimate of drug-likeness (QED) is 0.761. The molecule has 2 nitrogen and oxygen atoms in total. The molecule has 17 heavy (non-hydrogen) atoms. The molecule has 96 valence electrons. The molecule has 2 heteroatoms. The highest BCUT2D eigenvalue weighted by Gasteiger charge is 2.18. The molecule has 0 saturated carbocycles. The fourth-order valence-electron chi connectivity index (χ4n) is 1.93. The second kappa shape index (κ2) is 6.77. The first kappa shape index (κ1) is 14.2. The Kier molecular flexibility index (Phi) is 5.66. The number of hydrogen-bond donors (Lipinski definition) is 2. The van der Waals surface area contributed by atoms with Crippen LogP contribution in [0.4, 0.5) is 0 Å². The minimum Gasteiger partial charge on any atom is -0.396 e. The molecule has 1 aromatic rings. The molecule has 0 saturated heterocycles. The third-order valence-corrected chi connectivity index (χ3v) is 3.20. The molecule has 0 aliphatic carbocycles. The van der Waals surface area contributed by atoms with Crippen molar-refractivity contribution in [1.82, 2.24) is 5.32 Å². The summed E-state index contributed by atoms with van der Waals surface area (Å²) in [7, 11) is 0. The van der Waals surface area contributed by atoms with Gasteiger partial charge in [0, 0.05) is 19.2 Å². The summed E-state index contributed by atoms with van der Waals surface area (Å²) < 4.78 is 0. The van der Waals surface area contributed by atoms with Crippen molar-refractivity contribution in [2.75, 3.05) is 13.2 Å². The van der Waals surface area contributed by atoms with Crippen molar-refractivity contribution in [2.45, 2.75) is 39.7 Å². The van der Waals surface area contributed by atoms with Gasteiger partial charge in [0.25, 0.3) is 0 Å². The molecule has 0 spiro atoms. The Morgan fingerprint density at radius 2 is 1.88 bits per heavy atom. The van der Waals surface area contributed by atoms with Crippen LogP contribution < -0.4 is 5.32 Å². The lowest BCUT2D eigenvalue weighted by atomic mass is 9.87. The fraction of sp³-hybridized carbons (Fsp3) is 0.600. The summed E-state index contributed by atoms with van der Waals surface area (Å²) in [6, 6.07) is 10.9. The van der Waals surface area contributed by atoms with Crippen LogP contribution in [0.15, 0.2) is 30.3 Å². The maximum Gasteiger partial charge on any atom is 0.0431 e. The summed E-state index contributed by atoms with van der Waals surface area (Å²) in [5.74, 6) is 0. The number of benzene rings is 1. The minimum absolute atomic E-state index is 0.242. The van der Waals surface area contributed by atoms with Gasteiger partial charge in [0.1, 0.15) is 0 Å². The van der Waals surface area contributed by atoms with Gasteiger partial charge in [-0.3, -0.25) is 0 Å². The third-order valence-electron chi connectivity index (χ3n) is 3.20. The summed E-state index contributed by atoms with van der Waals surface area (Å²) in [5, 5.41) is 12.4. The van der Waals surface area contributed by atoms with E-state index in [1.807, 2.05) is 6.07 Å². The van der Waals surface area contributed by atoms with E-state index in [1.54, 1.807) is 0 Å². The second-order valence-corrected chi connectivity index (χ2v) is 5.50. The first-order chi connectivity index (χ1) is 8.05. The van der Waals surface area contributed by atoms with Gasteiger partial charge in [-0.05, 0) is 30.7 Å². The molecule has 1 aromatic carbocycles. The molecule has 1 atom stereocenters. The predicted octanol–water partition coefficient (Wildman–Crippen LogP) is 3.14. The van der Waals surface area contributed by atoms with E-state index in [1.165, 1.54) is 5.56 Å². The van der Waals surface area contributed by atoms with Gasteiger partial charge in [0.2, 0.25) is 0 Å². The Labute approximate surface area is 105 Å². The number of aliphatic hydroxyl groups is 1. The van der Waals surface area contributed by atoms with Gasteiger partial charge in [-0.25, -0.2) is 0 Å². The largest absolute Gasteiger partial charge is 0.396 e. The molecule has 0 aromatic heterocycles. The molecule has 2 N–H and O–H groups in total. The zero-order chi connectivity index (χ0) is 12.7. The van der Waals surface area contributed by atoms with Crippen molar-refractivity contribution in [3.8, 4) is 0 Å². The highest BCUT2D eigenvalue weighted by atomic mass is 16.2. The molecule has 0 radical (unpaired) electrons. The van der Waals surface area contributed by atoms with Crippen molar-refractivity contribution in [3.63, 3.8) is 0 Å². The lowest BCUT2D eigenvalue weighted by Crippen LogP contribution is -2.31. The Morgan fingerprint density at radius 1 is 1.24 bits per heavy atom. The van der Waals surface area contributed by atoms with Crippen LogP contribution >= 0.6 is 0 Å². The van der Waals surface area contributed by atoms with Gasteiger partial charge in [-0.2, -0.15) is 0 Å². The van der Waals surface area contributed by atoms with Gasteiger partial charge in [-0.1, -0.05) is 44.2 Å². The summed E-state index contributed by atoms with van der Waals surface area (Å²) >= 11 is 0. The molecule has 0 fully saturated rings. The smallest absolute Gasteiger partial charge is 0.0431 e. The maximum atomic E-state index is 8.86. The van der Waals surface area contributed by atoms with Crippen molar-refractivity contribution in [3.05, 3.63) is 35.9 Å². The zero-order valence-corrected chi connectivity index (χ0v) is 11.2. The van der Waals surface area contributed by atoms with Crippen LogP contribution in [-0.2, 0) is 0 Å². The normalized spacial score (nSPS) is 13.6. The van der Waals surface area contributed by atoms with Crippen molar-refractivity contribution in [2.24, 2.45) is 5.41 Å². The third kappa shape index (κ3) is 5.33. The number of nitrogens with one attached hydrogen (secondary N) is 1. The van der Waals surface area contributed by atoms with Gasteiger partial charge in [0.15, 0.2) is 0 Å². The van der Waals surface area contributed by atoms with Crippen molar-refractivity contribution in [1.29, 1.82) is 0 Å². The Balaban J connectivity index is 2.40. The summed E-state index contributed by atoms with van der Waals surface area (Å²) in [5.41, 5.74) is 1.57. The van der Waals surface area contributed by atoms with E-state index < -0.39 is 0 Å². The molecule has 1 unspecified atom stereocenters. The fourth-order valence-corrected chi connectivity index (χ4v) is 1.93. The maximum absolute atomic E-state index is 8.86. The van der Waals surface area contributed by atoms with Crippen LogP contribution in [0.25, 0.3) is 0 Å². The van der Waals surface area contributed by atoms with E-state index in [9.17, 15) is 0 Å². The SMILES string of the molecule is CC(NCC(C)(C)CCCO)c1ccccc1. The van der Waals surface area contributed by atoms with E-state index in [2.05, 4.69) is 50.4 Å². The van der Waals surface area contributed by atoms with E-state index in [0.29, 0.717) is 6.04 Å². The second-order valence-electron chi connectivity index (χ2n) is 5.50. The Morgan fingerprint density at radius 3 is 2.47 bits per heavy atom. The van der Waals surface area contributed by atoms with Crippen LogP contribution in [-0.4, -0.2) is 18.3 Å². The summed E-state index contributed by atoms with van der Waals surface area (Å²) in [6.07, 6.45) is 1.94. The van der Waals surface area contributed by atoms with Crippen LogP contribution in [0.2, 0.25) is 0 Å². The van der Waals surface area contributed by atoms with Crippen LogP contribution in [0, 0.1) is 5.41 Å². The first-order valence-electron chi connectivity index (χ1n) is 6.44. The van der Waals surface area contributed by atoms with Gasteiger partial charge in [-0.15, -0.1) is 0 Å². The molecular weight excluding hydrogens is 210 g/mol. The highest BCUT2D eigenvalue weighted by molar-refractivity contribution is 5.18. The highest BCUT2D eigenvalue weighted by Crippen LogP contribution is 2.22. The van der Waals surface area contributed by atoms with Crippen molar-refractivity contribution >= 4 is 0 Å². The number of aliphatic hydroxyl groups excluding tert-OH is 1. The van der Waals surface area contributed by atoms with Crippen LogP contribution in [0.1, 0.15) is 45.2 Å². The molecule has 0 amide bonds. The monoisotopic (exact) mass is 235 g/mol. The number of hydrogen-bond acceptors (Lipinski definition) is 2. The molecule has 0 aliphatic rings. The summed E-state index contributed by atoms with van der Waals surface area (Å²) in [6.45, 7) is 7.94. The van der Waals surface area contributed by atoms with E-state index in [-0.39, 0.29) is 12.0 Å². The van der Waals surface area contributed by atoms with Gasteiger partial charge >= 0.3 is 0 Å². The van der Waals surface area contributed by atoms with Gasteiger partial charge in [0.05, 0.1) is 0 Å². The van der Waals surface area contributed by atoms with E-state index >= 15 is 0 Å². The van der Waals surface area contributed by atoms with Gasteiger partial charge < -0.3 is 10.4 Å². The molecule has 0 bridgehead atoms. The summed E-state index contributed by atoms with van der Waals surface area (Å²) in [4.78, 5) is 0. The van der Waals surface area contributed by atoms with Crippen LogP contribution in [0.5, 0.6) is 0 Å². The average Bonchev–Trinajstić information content (AvgIpc) is 2.35. The molecule has 0 heterocycles. The van der Waals surface area contributed by atoms with Crippen molar-refractivity contribution < 1.29 is 5.11 Å². The minimum atomic E-state index is 0.242. The molecular formula is C15H25NO. The Bertz CT molecular complexity index is 308.